The summed E-state index contributed by atoms with van der Waals surface area (Å²) in [7, 11) is 0. The van der Waals surface area contributed by atoms with Gasteiger partial charge in [0.15, 0.2) is 17.7 Å². The summed E-state index contributed by atoms with van der Waals surface area (Å²) in [5, 5.41) is 29.1. The van der Waals surface area contributed by atoms with Crippen molar-refractivity contribution in [3.63, 3.8) is 0 Å². The summed E-state index contributed by atoms with van der Waals surface area (Å²) in [4.78, 5) is 11.8. The highest BCUT2D eigenvalue weighted by atomic mass is 16.5. The number of fused-ring (bicyclic) bond motifs is 1. The maximum absolute atomic E-state index is 9.99. The smallest absolute Gasteiger partial charge is 0.224 e. The monoisotopic (exact) mass is 282 g/mol. The van der Waals surface area contributed by atoms with Gasteiger partial charge in [0.1, 0.15) is 23.8 Å². The third-order valence-electron chi connectivity index (χ3n) is 3.21. The number of hydrogen-bond acceptors (Lipinski definition) is 9. The van der Waals surface area contributed by atoms with E-state index in [9.17, 15) is 15.3 Å². The maximum Gasteiger partial charge on any atom is 0.224 e. The van der Waals surface area contributed by atoms with E-state index in [0.29, 0.717) is 5.52 Å². The minimum absolute atomic E-state index is 0.0392. The van der Waals surface area contributed by atoms with E-state index in [-0.39, 0.29) is 24.0 Å². The molecule has 0 saturated carbocycles. The number of nitrogens with two attached hydrogens (primary N) is 2. The molecular formula is C10H14N6O4. The first-order chi connectivity index (χ1) is 9.49. The molecule has 1 aliphatic rings. The lowest BCUT2D eigenvalue weighted by atomic mass is 10.0. The zero-order chi connectivity index (χ0) is 14.4. The topological polar surface area (TPSA) is 166 Å². The lowest BCUT2D eigenvalue weighted by molar-refractivity contribution is -0.210. The lowest BCUT2D eigenvalue weighted by Gasteiger charge is -2.35. The highest BCUT2D eigenvalue weighted by molar-refractivity contribution is 5.82. The zero-order valence-corrected chi connectivity index (χ0v) is 10.3. The Kier molecular flexibility index (Phi) is 2.94. The highest BCUT2D eigenvalue weighted by Gasteiger charge is 2.39. The fourth-order valence-electron chi connectivity index (χ4n) is 2.18. The number of nitrogen functional groups attached to an aromatic ring is 2. The summed E-state index contributed by atoms with van der Waals surface area (Å²) in [5.41, 5.74) is 11.8. The van der Waals surface area contributed by atoms with Crippen LogP contribution in [0.1, 0.15) is 6.23 Å². The Morgan fingerprint density at radius 1 is 1.20 bits per heavy atom. The molecule has 2 aromatic heterocycles. The van der Waals surface area contributed by atoms with Crippen LogP contribution in [0.3, 0.4) is 0 Å². The molecule has 4 atom stereocenters. The maximum atomic E-state index is 9.99. The molecule has 0 aromatic carbocycles. The van der Waals surface area contributed by atoms with Crippen LogP contribution in [-0.2, 0) is 4.74 Å². The van der Waals surface area contributed by atoms with Gasteiger partial charge in [-0.3, -0.25) is 4.57 Å². The molecule has 7 N–H and O–H groups in total. The van der Waals surface area contributed by atoms with E-state index in [1.165, 1.54) is 10.9 Å². The lowest BCUT2D eigenvalue weighted by Crippen LogP contribution is -2.50. The Hall–Kier alpha value is -2.01. The van der Waals surface area contributed by atoms with Gasteiger partial charge in [0.05, 0.1) is 12.9 Å². The van der Waals surface area contributed by atoms with E-state index >= 15 is 0 Å². The van der Waals surface area contributed by atoms with Crippen LogP contribution in [0.2, 0.25) is 0 Å². The van der Waals surface area contributed by atoms with E-state index in [1.807, 2.05) is 0 Å². The van der Waals surface area contributed by atoms with Crippen LogP contribution in [0.4, 0.5) is 11.8 Å². The molecule has 20 heavy (non-hydrogen) atoms. The Bertz CT molecular complexity index is 646. The number of aliphatic hydroxyl groups excluding tert-OH is 3. The predicted octanol–water partition coefficient (Wildman–Crippen LogP) is -2.40. The van der Waals surface area contributed by atoms with Crippen LogP contribution in [0, 0.1) is 0 Å². The number of nitrogens with zero attached hydrogens (tertiary/aromatic N) is 4. The molecule has 1 fully saturated rings. The Morgan fingerprint density at radius 3 is 2.70 bits per heavy atom. The largest absolute Gasteiger partial charge is 0.388 e. The van der Waals surface area contributed by atoms with Gasteiger partial charge in [-0.25, -0.2) is 4.98 Å². The molecule has 10 heteroatoms. The number of aromatic nitrogens is 4. The van der Waals surface area contributed by atoms with Crippen LogP contribution in [0.15, 0.2) is 6.33 Å². The average molecular weight is 282 g/mol. The first-order valence-corrected chi connectivity index (χ1v) is 5.90. The van der Waals surface area contributed by atoms with Gasteiger partial charge in [-0.2, -0.15) is 9.97 Å². The summed E-state index contributed by atoms with van der Waals surface area (Å²) in [5.74, 6) is 0.0692. The minimum Gasteiger partial charge on any atom is -0.388 e. The molecule has 0 radical (unpaired) electrons. The van der Waals surface area contributed by atoms with Crippen molar-refractivity contribution in [2.24, 2.45) is 0 Å². The number of aliphatic hydroxyl groups is 3. The Morgan fingerprint density at radius 2 is 1.95 bits per heavy atom. The summed E-state index contributed by atoms with van der Waals surface area (Å²) in [6, 6.07) is 0. The predicted molar refractivity (Wildman–Crippen MR) is 67.2 cm³/mol. The normalized spacial score (nSPS) is 30.8. The van der Waals surface area contributed by atoms with Gasteiger partial charge in [-0.1, -0.05) is 0 Å². The molecular weight excluding hydrogens is 268 g/mol. The molecule has 0 unspecified atom stereocenters. The van der Waals surface area contributed by atoms with Crippen molar-refractivity contribution in [2.45, 2.75) is 24.5 Å². The molecule has 0 amide bonds. The van der Waals surface area contributed by atoms with E-state index in [4.69, 9.17) is 16.2 Å². The van der Waals surface area contributed by atoms with Crippen LogP contribution < -0.4 is 11.5 Å². The fourth-order valence-corrected chi connectivity index (χ4v) is 2.18. The number of imidazole rings is 1. The van der Waals surface area contributed by atoms with Gasteiger partial charge in [-0.15, -0.1) is 0 Å². The number of anilines is 2. The second-order valence-corrected chi connectivity index (χ2v) is 4.56. The van der Waals surface area contributed by atoms with E-state index < -0.39 is 24.5 Å². The Labute approximate surface area is 112 Å². The summed E-state index contributed by atoms with van der Waals surface area (Å²) in [6.45, 7) is -0.126. The van der Waals surface area contributed by atoms with Crippen LogP contribution in [-0.4, -0.2) is 59.8 Å². The van der Waals surface area contributed by atoms with E-state index in [1.54, 1.807) is 0 Å². The fraction of sp³-hybridized carbons (Fsp3) is 0.500. The van der Waals surface area contributed by atoms with Crippen LogP contribution in [0.5, 0.6) is 0 Å². The molecule has 1 saturated heterocycles. The molecule has 2 aromatic rings. The zero-order valence-electron chi connectivity index (χ0n) is 10.3. The Balaban J connectivity index is 2.06. The van der Waals surface area contributed by atoms with Gasteiger partial charge in [0.2, 0.25) is 5.95 Å². The van der Waals surface area contributed by atoms with Gasteiger partial charge in [0, 0.05) is 0 Å². The molecule has 10 nitrogen and oxygen atoms in total. The molecule has 3 heterocycles. The second kappa shape index (κ2) is 4.52. The van der Waals surface area contributed by atoms with Gasteiger partial charge < -0.3 is 31.5 Å². The van der Waals surface area contributed by atoms with Gasteiger partial charge >= 0.3 is 0 Å². The van der Waals surface area contributed by atoms with Crippen molar-refractivity contribution >= 4 is 22.9 Å². The van der Waals surface area contributed by atoms with Crippen LogP contribution in [0.25, 0.3) is 11.2 Å². The third kappa shape index (κ3) is 1.86. The SMILES string of the molecule is Nc1nc(N)c2ncn([C@@H]3OC[C@@H](O)[C@@H](O)[C@H]3O)c2n1. The van der Waals surface area contributed by atoms with Gasteiger partial charge in [-0.05, 0) is 0 Å². The van der Waals surface area contributed by atoms with Crippen molar-refractivity contribution in [1.82, 2.24) is 19.5 Å². The molecule has 0 bridgehead atoms. The highest BCUT2D eigenvalue weighted by Crippen LogP contribution is 2.28. The van der Waals surface area contributed by atoms with Crippen molar-refractivity contribution in [2.75, 3.05) is 18.1 Å². The first kappa shape index (κ1) is 13.0. The van der Waals surface area contributed by atoms with Crippen molar-refractivity contribution in [1.29, 1.82) is 0 Å². The van der Waals surface area contributed by atoms with Crippen molar-refractivity contribution < 1.29 is 20.1 Å². The summed E-state index contributed by atoms with van der Waals surface area (Å²) >= 11 is 0. The number of ether oxygens (including phenoxy) is 1. The van der Waals surface area contributed by atoms with Crippen molar-refractivity contribution in [3.05, 3.63) is 6.33 Å². The van der Waals surface area contributed by atoms with Crippen molar-refractivity contribution in [3.8, 4) is 0 Å². The first-order valence-electron chi connectivity index (χ1n) is 5.90. The molecule has 3 rings (SSSR count). The number of rotatable bonds is 1. The quantitative estimate of drug-likeness (QED) is 0.383. The standard InChI is InChI=1S/C10H14N6O4/c11-7-4-8(15-10(12)14-7)16(2-13-4)9-6(19)5(18)3(17)1-20-9/h2-3,5-6,9,17-19H,1H2,(H4,11,12,14,15)/t3-,5-,6-,9-/m1/s1. The minimum atomic E-state index is -1.34. The van der Waals surface area contributed by atoms with Gasteiger partial charge in [0.25, 0.3) is 0 Å². The number of hydrogen-bond donors (Lipinski definition) is 5. The molecule has 0 aliphatic carbocycles. The average Bonchev–Trinajstić information content (AvgIpc) is 2.80. The molecule has 1 aliphatic heterocycles. The molecule has 0 spiro atoms. The third-order valence-corrected chi connectivity index (χ3v) is 3.21. The summed E-state index contributed by atoms with van der Waals surface area (Å²) < 4.78 is 6.72. The second-order valence-electron chi connectivity index (χ2n) is 4.56. The molecule has 108 valence electrons. The summed E-state index contributed by atoms with van der Waals surface area (Å²) in [6.07, 6.45) is -3.42. The van der Waals surface area contributed by atoms with Crippen LogP contribution >= 0.6 is 0 Å². The van der Waals surface area contributed by atoms with E-state index in [2.05, 4.69) is 15.0 Å². The van der Waals surface area contributed by atoms with E-state index in [0.717, 1.165) is 0 Å².